The summed E-state index contributed by atoms with van der Waals surface area (Å²) in [6.07, 6.45) is 3.18. The zero-order valence-electron chi connectivity index (χ0n) is 13.2. The molecule has 0 atom stereocenters. The SMILES string of the molecule is CCOc1ccc(/C=C/C(=O)Nc2cccc(C(C)=O)c2)cc1. The van der Waals surface area contributed by atoms with Gasteiger partial charge < -0.3 is 10.1 Å². The minimum Gasteiger partial charge on any atom is -0.494 e. The first kappa shape index (κ1) is 16.5. The van der Waals surface area contributed by atoms with Crippen molar-refractivity contribution in [3.8, 4) is 5.75 Å². The van der Waals surface area contributed by atoms with Gasteiger partial charge in [-0.2, -0.15) is 0 Å². The number of ketones is 1. The lowest BCUT2D eigenvalue weighted by Gasteiger charge is -2.04. The maximum atomic E-state index is 11.9. The quantitative estimate of drug-likeness (QED) is 0.649. The smallest absolute Gasteiger partial charge is 0.248 e. The molecule has 0 radical (unpaired) electrons. The van der Waals surface area contributed by atoms with Crippen molar-refractivity contribution in [1.29, 1.82) is 0 Å². The Hall–Kier alpha value is -2.88. The Bertz CT molecular complexity index is 718. The van der Waals surface area contributed by atoms with E-state index < -0.39 is 0 Å². The molecule has 0 aliphatic rings. The minimum atomic E-state index is -0.250. The average Bonchev–Trinajstić information content (AvgIpc) is 2.55. The van der Waals surface area contributed by atoms with Crippen LogP contribution in [0.25, 0.3) is 6.08 Å². The van der Waals surface area contributed by atoms with Gasteiger partial charge in [-0.1, -0.05) is 24.3 Å². The molecule has 1 amide bonds. The third-order valence-electron chi connectivity index (χ3n) is 3.15. The van der Waals surface area contributed by atoms with Crippen LogP contribution in [0.1, 0.15) is 29.8 Å². The molecule has 0 aliphatic heterocycles. The molecule has 0 aliphatic carbocycles. The lowest BCUT2D eigenvalue weighted by Crippen LogP contribution is -2.08. The van der Waals surface area contributed by atoms with Gasteiger partial charge in [-0.15, -0.1) is 0 Å². The van der Waals surface area contributed by atoms with Crippen molar-refractivity contribution in [2.75, 3.05) is 11.9 Å². The van der Waals surface area contributed by atoms with E-state index in [1.54, 1.807) is 30.3 Å². The molecule has 0 saturated heterocycles. The molecule has 0 unspecified atom stereocenters. The molecule has 0 saturated carbocycles. The van der Waals surface area contributed by atoms with Gasteiger partial charge in [0.2, 0.25) is 5.91 Å². The summed E-state index contributed by atoms with van der Waals surface area (Å²) in [6, 6.07) is 14.3. The number of carbonyl (C=O) groups excluding carboxylic acids is 2. The van der Waals surface area contributed by atoms with Crippen molar-refractivity contribution >= 4 is 23.5 Å². The molecule has 23 heavy (non-hydrogen) atoms. The van der Waals surface area contributed by atoms with Crippen LogP contribution in [0.4, 0.5) is 5.69 Å². The van der Waals surface area contributed by atoms with Crippen LogP contribution in [0.2, 0.25) is 0 Å². The lowest BCUT2D eigenvalue weighted by molar-refractivity contribution is -0.111. The van der Waals surface area contributed by atoms with E-state index in [4.69, 9.17) is 4.74 Å². The Balaban J connectivity index is 1.98. The third kappa shape index (κ3) is 5.11. The molecule has 0 aromatic heterocycles. The molecule has 118 valence electrons. The summed E-state index contributed by atoms with van der Waals surface area (Å²) in [6.45, 7) is 4.04. The van der Waals surface area contributed by atoms with Gasteiger partial charge in [0.05, 0.1) is 6.61 Å². The number of ether oxygens (including phenoxy) is 1. The number of benzene rings is 2. The summed E-state index contributed by atoms with van der Waals surface area (Å²) >= 11 is 0. The normalized spacial score (nSPS) is 10.5. The highest BCUT2D eigenvalue weighted by Gasteiger charge is 2.02. The van der Waals surface area contributed by atoms with E-state index in [1.807, 2.05) is 31.2 Å². The number of hydrogen-bond donors (Lipinski definition) is 1. The molecule has 2 rings (SSSR count). The van der Waals surface area contributed by atoms with Crippen LogP contribution in [-0.4, -0.2) is 18.3 Å². The molecule has 2 aromatic carbocycles. The molecule has 4 nitrogen and oxygen atoms in total. The van der Waals surface area contributed by atoms with E-state index in [9.17, 15) is 9.59 Å². The van der Waals surface area contributed by atoms with Gasteiger partial charge in [0.1, 0.15) is 5.75 Å². The van der Waals surface area contributed by atoms with Crippen LogP contribution < -0.4 is 10.1 Å². The monoisotopic (exact) mass is 309 g/mol. The number of rotatable bonds is 6. The Morgan fingerprint density at radius 2 is 1.87 bits per heavy atom. The molecule has 0 bridgehead atoms. The van der Waals surface area contributed by atoms with Gasteiger partial charge in [-0.25, -0.2) is 0 Å². The van der Waals surface area contributed by atoms with Gasteiger partial charge in [0.25, 0.3) is 0 Å². The van der Waals surface area contributed by atoms with Crippen LogP contribution in [0.5, 0.6) is 5.75 Å². The predicted molar refractivity (Wildman–Crippen MR) is 91.7 cm³/mol. The topological polar surface area (TPSA) is 55.4 Å². The summed E-state index contributed by atoms with van der Waals surface area (Å²) in [7, 11) is 0. The number of nitrogens with one attached hydrogen (secondary N) is 1. The Morgan fingerprint density at radius 1 is 1.13 bits per heavy atom. The maximum Gasteiger partial charge on any atom is 0.248 e. The Morgan fingerprint density at radius 3 is 2.52 bits per heavy atom. The molecular weight excluding hydrogens is 290 g/mol. The predicted octanol–water partition coefficient (Wildman–Crippen LogP) is 3.94. The van der Waals surface area contributed by atoms with Crippen molar-refractivity contribution in [1.82, 2.24) is 0 Å². The largest absolute Gasteiger partial charge is 0.494 e. The lowest BCUT2D eigenvalue weighted by atomic mass is 10.1. The first-order chi connectivity index (χ1) is 11.1. The number of carbonyl (C=O) groups is 2. The second-order valence-electron chi connectivity index (χ2n) is 4.96. The zero-order chi connectivity index (χ0) is 16.7. The van der Waals surface area contributed by atoms with E-state index in [2.05, 4.69) is 5.32 Å². The first-order valence-electron chi connectivity index (χ1n) is 7.41. The van der Waals surface area contributed by atoms with Crippen molar-refractivity contribution in [3.63, 3.8) is 0 Å². The average molecular weight is 309 g/mol. The van der Waals surface area contributed by atoms with Gasteiger partial charge >= 0.3 is 0 Å². The number of amides is 1. The van der Waals surface area contributed by atoms with Crippen LogP contribution >= 0.6 is 0 Å². The number of hydrogen-bond acceptors (Lipinski definition) is 3. The first-order valence-corrected chi connectivity index (χ1v) is 7.41. The highest BCUT2D eigenvalue weighted by atomic mass is 16.5. The summed E-state index contributed by atoms with van der Waals surface area (Å²) in [4.78, 5) is 23.3. The van der Waals surface area contributed by atoms with Crippen LogP contribution in [0.3, 0.4) is 0 Å². The Kier molecular flexibility index (Phi) is 5.69. The minimum absolute atomic E-state index is 0.0361. The number of Topliss-reactive ketones (excluding diaryl/α,β-unsaturated/α-hetero) is 1. The summed E-state index contributed by atoms with van der Waals surface area (Å²) in [5, 5.41) is 2.74. The van der Waals surface area contributed by atoms with Gasteiger partial charge in [0.15, 0.2) is 5.78 Å². The van der Waals surface area contributed by atoms with Gasteiger partial charge in [-0.05, 0) is 49.8 Å². The van der Waals surface area contributed by atoms with Crippen LogP contribution in [0, 0.1) is 0 Å². The van der Waals surface area contributed by atoms with Gasteiger partial charge in [-0.3, -0.25) is 9.59 Å². The van der Waals surface area contributed by atoms with Crippen molar-refractivity contribution in [2.45, 2.75) is 13.8 Å². The molecule has 1 N–H and O–H groups in total. The maximum absolute atomic E-state index is 11.9. The second-order valence-corrected chi connectivity index (χ2v) is 4.96. The summed E-state index contributed by atoms with van der Waals surface area (Å²) in [5.74, 6) is 0.515. The summed E-state index contributed by atoms with van der Waals surface area (Å²) < 4.78 is 5.37. The molecule has 4 heteroatoms. The molecule has 0 fully saturated rings. The van der Waals surface area contributed by atoms with E-state index in [1.165, 1.54) is 13.0 Å². The van der Waals surface area contributed by atoms with Crippen molar-refractivity contribution in [2.24, 2.45) is 0 Å². The van der Waals surface area contributed by atoms with E-state index in [0.717, 1.165) is 11.3 Å². The fourth-order valence-corrected chi connectivity index (χ4v) is 2.01. The highest BCUT2D eigenvalue weighted by Crippen LogP contribution is 2.14. The van der Waals surface area contributed by atoms with Crippen molar-refractivity contribution in [3.05, 3.63) is 65.7 Å². The molecule has 2 aromatic rings. The highest BCUT2D eigenvalue weighted by molar-refractivity contribution is 6.03. The van der Waals surface area contributed by atoms with E-state index in [0.29, 0.717) is 17.9 Å². The van der Waals surface area contributed by atoms with Gasteiger partial charge in [0, 0.05) is 17.3 Å². The van der Waals surface area contributed by atoms with E-state index in [-0.39, 0.29) is 11.7 Å². The Labute approximate surface area is 135 Å². The standard InChI is InChI=1S/C19H19NO3/c1-3-23-18-10-7-15(8-11-18)9-12-19(22)20-17-6-4-5-16(13-17)14(2)21/h4-13H,3H2,1-2H3,(H,20,22)/b12-9+. The molecule has 0 spiro atoms. The zero-order valence-corrected chi connectivity index (χ0v) is 13.2. The van der Waals surface area contributed by atoms with Crippen LogP contribution in [-0.2, 0) is 4.79 Å². The second kappa shape index (κ2) is 7.94. The summed E-state index contributed by atoms with van der Waals surface area (Å²) in [5.41, 5.74) is 2.07. The third-order valence-corrected chi connectivity index (χ3v) is 3.15. The van der Waals surface area contributed by atoms with E-state index >= 15 is 0 Å². The fraction of sp³-hybridized carbons (Fsp3) is 0.158. The van der Waals surface area contributed by atoms with Crippen LogP contribution in [0.15, 0.2) is 54.6 Å². The number of anilines is 1. The van der Waals surface area contributed by atoms with Crippen molar-refractivity contribution < 1.29 is 14.3 Å². The molecular formula is C19H19NO3. The fourth-order valence-electron chi connectivity index (χ4n) is 2.01. The molecule has 0 heterocycles.